The molecule has 1 amide bonds. The van der Waals surface area contributed by atoms with Crippen molar-refractivity contribution >= 4 is 28.9 Å². The maximum atomic E-state index is 11.8. The lowest BCUT2D eigenvalue weighted by Crippen LogP contribution is -2.27. The molecule has 1 aromatic carbocycles. The topological polar surface area (TPSA) is 32.3 Å². The van der Waals surface area contributed by atoms with Crippen molar-refractivity contribution in [3.63, 3.8) is 0 Å². The van der Waals surface area contributed by atoms with Crippen LogP contribution in [0.25, 0.3) is 0 Å². The number of nitrogens with one attached hydrogen (secondary N) is 1. The number of rotatable bonds is 3. The first-order valence-corrected chi connectivity index (χ1v) is 7.41. The van der Waals surface area contributed by atoms with E-state index >= 15 is 0 Å². The molecular weight excluding hydrogens is 260 g/mol. The fraction of sp³-hybridized carbons (Fsp3) is 0.533. The molecule has 1 atom stereocenters. The van der Waals surface area contributed by atoms with Crippen LogP contribution in [0.1, 0.15) is 32.6 Å². The SMILES string of the molecule is C[C@@H](Cl)C(=O)Nc1ccccc1N1CCCCCC1. The minimum absolute atomic E-state index is 0.149. The smallest absolute Gasteiger partial charge is 0.242 e. The maximum Gasteiger partial charge on any atom is 0.242 e. The van der Waals surface area contributed by atoms with E-state index in [-0.39, 0.29) is 5.91 Å². The van der Waals surface area contributed by atoms with Crippen LogP contribution < -0.4 is 10.2 Å². The molecule has 1 fully saturated rings. The van der Waals surface area contributed by atoms with E-state index in [1.165, 1.54) is 25.7 Å². The third-order valence-corrected chi connectivity index (χ3v) is 3.67. The molecule has 19 heavy (non-hydrogen) atoms. The van der Waals surface area contributed by atoms with E-state index < -0.39 is 5.38 Å². The molecule has 1 saturated heterocycles. The van der Waals surface area contributed by atoms with Gasteiger partial charge in [0.05, 0.1) is 11.4 Å². The van der Waals surface area contributed by atoms with Crippen LogP contribution in [-0.2, 0) is 4.79 Å². The van der Waals surface area contributed by atoms with Crippen molar-refractivity contribution in [2.24, 2.45) is 0 Å². The summed E-state index contributed by atoms with van der Waals surface area (Å²) in [4.78, 5) is 14.1. The quantitative estimate of drug-likeness (QED) is 0.858. The Morgan fingerprint density at radius 2 is 1.84 bits per heavy atom. The lowest BCUT2D eigenvalue weighted by molar-refractivity contribution is -0.115. The van der Waals surface area contributed by atoms with Gasteiger partial charge in [-0.25, -0.2) is 0 Å². The highest BCUT2D eigenvalue weighted by atomic mass is 35.5. The second-order valence-corrected chi connectivity index (χ2v) is 5.68. The van der Waals surface area contributed by atoms with E-state index in [4.69, 9.17) is 11.6 Å². The number of carbonyl (C=O) groups excluding carboxylic acids is 1. The Bertz CT molecular complexity index is 426. The highest BCUT2D eigenvalue weighted by molar-refractivity contribution is 6.32. The Balaban J connectivity index is 2.17. The van der Waals surface area contributed by atoms with Crippen LogP contribution in [0.5, 0.6) is 0 Å². The van der Waals surface area contributed by atoms with Crippen molar-refractivity contribution in [1.29, 1.82) is 0 Å². The lowest BCUT2D eigenvalue weighted by Gasteiger charge is -2.25. The second kappa shape index (κ2) is 6.80. The molecule has 1 heterocycles. The first kappa shape index (κ1) is 14.2. The third kappa shape index (κ3) is 3.87. The zero-order valence-corrected chi connectivity index (χ0v) is 12.1. The Kier molecular flexibility index (Phi) is 5.08. The van der Waals surface area contributed by atoms with Crippen molar-refractivity contribution in [1.82, 2.24) is 0 Å². The molecule has 0 aliphatic carbocycles. The molecule has 2 rings (SSSR count). The number of halogens is 1. The minimum atomic E-state index is -0.516. The predicted molar refractivity (Wildman–Crippen MR) is 81.1 cm³/mol. The molecule has 104 valence electrons. The molecular formula is C15H21ClN2O. The molecule has 0 saturated carbocycles. The van der Waals surface area contributed by atoms with Gasteiger partial charge < -0.3 is 10.2 Å². The first-order valence-electron chi connectivity index (χ1n) is 6.97. The number of anilines is 2. The van der Waals surface area contributed by atoms with Crippen molar-refractivity contribution in [2.75, 3.05) is 23.3 Å². The van der Waals surface area contributed by atoms with Gasteiger partial charge in [-0.1, -0.05) is 25.0 Å². The number of para-hydroxylation sites is 2. The van der Waals surface area contributed by atoms with Crippen LogP contribution in [-0.4, -0.2) is 24.4 Å². The third-order valence-electron chi connectivity index (χ3n) is 3.47. The summed E-state index contributed by atoms with van der Waals surface area (Å²) >= 11 is 5.82. The van der Waals surface area contributed by atoms with Gasteiger partial charge in [0, 0.05) is 13.1 Å². The van der Waals surface area contributed by atoms with E-state index in [9.17, 15) is 4.79 Å². The zero-order chi connectivity index (χ0) is 13.7. The Labute approximate surface area is 119 Å². The average Bonchev–Trinajstić information content (AvgIpc) is 2.68. The Morgan fingerprint density at radius 3 is 2.47 bits per heavy atom. The van der Waals surface area contributed by atoms with Crippen molar-refractivity contribution in [2.45, 2.75) is 38.0 Å². The Hall–Kier alpha value is -1.22. The average molecular weight is 281 g/mol. The van der Waals surface area contributed by atoms with E-state index in [1.807, 2.05) is 18.2 Å². The highest BCUT2D eigenvalue weighted by Gasteiger charge is 2.16. The van der Waals surface area contributed by atoms with Crippen molar-refractivity contribution in [3.8, 4) is 0 Å². The van der Waals surface area contributed by atoms with E-state index in [0.29, 0.717) is 0 Å². The lowest BCUT2D eigenvalue weighted by atomic mass is 10.2. The predicted octanol–water partition coefficient (Wildman–Crippen LogP) is 3.63. The summed E-state index contributed by atoms with van der Waals surface area (Å²) in [6.45, 7) is 3.80. The normalized spacial score (nSPS) is 17.7. The fourth-order valence-electron chi connectivity index (χ4n) is 2.40. The molecule has 3 nitrogen and oxygen atoms in total. The summed E-state index contributed by atoms with van der Waals surface area (Å²) in [6, 6.07) is 7.97. The van der Waals surface area contributed by atoms with Gasteiger partial charge in [0.25, 0.3) is 0 Å². The zero-order valence-electron chi connectivity index (χ0n) is 11.4. The molecule has 0 aromatic heterocycles. The van der Waals surface area contributed by atoms with Gasteiger partial charge >= 0.3 is 0 Å². The van der Waals surface area contributed by atoms with Gasteiger partial charge in [-0.3, -0.25) is 4.79 Å². The van der Waals surface area contributed by atoms with Crippen LogP contribution in [0.3, 0.4) is 0 Å². The molecule has 1 N–H and O–H groups in total. The molecule has 0 radical (unpaired) electrons. The van der Waals surface area contributed by atoms with Crippen LogP contribution in [0.4, 0.5) is 11.4 Å². The number of hydrogen-bond donors (Lipinski definition) is 1. The summed E-state index contributed by atoms with van der Waals surface area (Å²) in [6.07, 6.45) is 5.02. The molecule has 0 unspecified atom stereocenters. The number of benzene rings is 1. The Morgan fingerprint density at radius 1 is 1.21 bits per heavy atom. The number of amides is 1. The van der Waals surface area contributed by atoms with Crippen molar-refractivity contribution < 1.29 is 4.79 Å². The first-order chi connectivity index (χ1) is 9.18. The minimum Gasteiger partial charge on any atom is -0.370 e. The molecule has 0 spiro atoms. The van der Waals surface area contributed by atoms with E-state index in [0.717, 1.165) is 24.5 Å². The molecule has 1 aliphatic heterocycles. The van der Waals surface area contributed by atoms with Crippen molar-refractivity contribution in [3.05, 3.63) is 24.3 Å². The van der Waals surface area contributed by atoms with E-state index in [1.54, 1.807) is 6.92 Å². The molecule has 1 aromatic rings. The van der Waals surface area contributed by atoms with Crippen LogP contribution in [0, 0.1) is 0 Å². The van der Waals surface area contributed by atoms with Gasteiger partial charge in [-0.05, 0) is 31.9 Å². The number of carbonyl (C=O) groups is 1. The summed E-state index contributed by atoms with van der Waals surface area (Å²) in [5, 5.41) is 2.40. The molecule has 0 bridgehead atoms. The summed E-state index contributed by atoms with van der Waals surface area (Å²) in [5.74, 6) is -0.149. The number of hydrogen-bond acceptors (Lipinski definition) is 2. The number of nitrogens with zero attached hydrogens (tertiary/aromatic N) is 1. The summed E-state index contributed by atoms with van der Waals surface area (Å²) < 4.78 is 0. The van der Waals surface area contributed by atoms with Gasteiger partial charge in [0.15, 0.2) is 0 Å². The van der Waals surface area contributed by atoms with Crippen LogP contribution in [0.2, 0.25) is 0 Å². The summed E-state index contributed by atoms with van der Waals surface area (Å²) in [5.41, 5.74) is 1.97. The molecule has 1 aliphatic rings. The maximum absolute atomic E-state index is 11.8. The van der Waals surface area contributed by atoms with E-state index in [2.05, 4.69) is 16.3 Å². The standard InChI is InChI=1S/C15H21ClN2O/c1-12(16)15(19)17-13-8-4-5-9-14(13)18-10-6-2-3-7-11-18/h4-5,8-9,12H,2-3,6-7,10-11H2,1H3,(H,17,19)/t12-/m1/s1. The number of alkyl halides is 1. The van der Waals surface area contributed by atoms with Gasteiger partial charge in [-0.2, -0.15) is 0 Å². The van der Waals surface area contributed by atoms with Gasteiger partial charge in [-0.15, -0.1) is 11.6 Å². The fourth-order valence-corrected chi connectivity index (χ4v) is 2.45. The van der Waals surface area contributed by atoms with Crippen LogP contribution >= 0.6 is 11.6 Å². The van der Waals surface area contributed by atoms with Crippen LogP contribution in [0.15, 0.2) is 24.3 Å². The second-order valence-electron chi connectivity index (χ2n) is 5.02. The monoisotopic (exact) mass is 280 g/mol. The van der Waals surface area contributed by atoms with Gasteiger partial charge in [0.1, 0.15) is 5.38 Å². The van der Waals surface area contributed by atoms with Gasteiger partial charge in [0.2, 0.25) is 5.91 Å². The highest BCUT2D eigenvalue weighted by Crippen LogP contribution is 2.28. The largest absolute Gasteiger partial charge is 0.370 e. The summed E-state index contributed by atoms with van der Waals surface area (Å²) in [7, 11) is 0. The molecule has 4 heteroatoms.